The number of hydrogen-bond donors (Lipinski definition) is 0. The van der Waals surface area contributed by atoms with Crippen molar-refractivity contribution >= 4 is 22.6 Å². The van der Waals surface area contributed by atoms with Crippen LogP contribution in [0.3, 0.4) is 0 Å². The van der Waals surface area contributed by atoms with Gasteiger partial charge in [0.05, 0.1) is 49.5 Å². The van der Waals surface area contributed by atoms with E-state index in [0.29, 0.717) is 43.1 Å². The van der Waals surface area contributed by atoms with Gasteiger partial charge in [0, 0.05) is 12.8 Å². The summed E-state index contributed by atoms with van der Waals surface area (Å²) in [6, 6.07) is 0. The highest BCUT2D eigenvalue weighted by atomic mass is 127. The van der Waals surface area contributed by atoms with Crippen molar-refractivity contribution in [2.45, 2.75) is 26.3 Å². The summed E-state index contributed by atoms with van der Waals surface area (Å²) in [5.74, 6) is 0. The second-order valence-electron chi connectivity index (χ2n) is 4.43. The van der Waals surface area contributed by atoms with Crippen molar-refractivity contribution in [3.05, 3.63) is 26.4 Å². The summed E-state index contributed by atoms with van der Waals surface area (Å²) in [4.78, 5) is 15.7. The average molecular weight is 410 g/mol. The van der Waals surface area contributed by atoms with E-state index in [4.69, 9.17) is 14.2 Å². The molecule has 0 aliphatic heterocycles. The zero-order chi connectivity index (χ0) is 15.3. The van der Waals surface area contributed by atoms with Crippen molar-refractivity contribution in [3.63, 3.8) is 0 Å². The molecule has 21 heavy (non-hydrogen) atoms. The summed E-state index contributed by atoms with van der Waals surface area (Å²) >= 11 is 1.98. The molecule has 0 spiro atoms. The highest BCUT2D eigenvalue weighted by molar-refractivity contribution is 14.1. The summed E-state index contributed by atoms with van der Waals surface area (Å²) in [5.41, 5.74) is -0.0327. The lowest BCUT2D eigenvalue weighted by molar-refractivity contribution is 0.0126. The summed E-state index contributed by atoms with van der Waals surface area (Å²) in [7, 11) is 0. The van der Waals surface area contributed by atoms with Crippen molar-refractivity contribution in [2.75, 3.05) is 39.6 Å². The molecule has 0 aliphatic rings. The van der Waals surface area contributed by atoms with E-state index < -0.39 is 0 Å². The minimum Gasteiger partial charge on any atom is -0.379 e. The first-order valence-electron chi connectivity index (χ1n) is 7.19. The fourth-order valence-corrected chi connectivity index (χ4v) is 2.01. The van der Waals surface area contributed by atoms with E-state index in [1.165, 1.54) is 6.33 Å². The molecule has 0 aliphatic carbocycles. The third-order valence-corrected chi connectivity index (χ3v) is 3.46. The van der Waals surface area contributed by atoms with Crippen molar-refractivity contribution in [1.82, 2.24) is 9.55 Å². The molecule has 0 atom stereocenters. The topological polar surface area (TPSA) is 62.6 Å². The molecule has 7 heteroatoms. The van der Waals surface area contributed by atoms with Gasteiger partial charge in [0.2, 0.25) is 0 Å². The normalized spacial score (nSPS) is 11.0. The molecular formula is C14H23IN2O4. The van der Waals surface area contributed by atoms with E-state index >= 15 is 0 Å². The smallest absolute Gasteiger partial charge is 0.266 e. The average Bonchev–Trinajstić information content (AvgIpc) is 2.49. The SMILES string of the molecule is CCCCOCCOCCOCCn1cncc(I)c1=O. The number of rotatable bonds is 12. The molecule has 0 bridgehead atoms. The first-order chi connectivity index (χ1) is 10.3. The highest BCUT2D eigenvalue weighted by Gasteiger charge is 2.00. The summed E-state index contributed by atoms with van der Waals surface area (Å²) in [6.07, 6.45) is 5.32. The standard InChI is InChI=1S/C14H23IN2O4/c1-2-3-5-19-7-9-21-10-8-20-6-4-17-12-16-11-13(15)14(17)18/h11-12H,2-10H2,1H3. The van der Waals surface area contributed by atoms with E-state index in [1.807, 2.05) is 22.6 Å². The maximum atomic E-state index is 11.7. The minimum absolute atomic E-state index is 0.0327. The quantitative estimate of drug-likeness (QED) is 0.388. The Hall–Kier alpha value is -0.510. The maximum Gasteiger partial charge on any atom is 0.266 e. The molecule has 0 saturated carbocycles. The van der Waals surface area contributed by atoms with Crippen LogP contribution >= 0.6 is 22.6 Å². The van der Waals surface area contributed by atoms with Gasteiger partial charge in [-0.3, -0.25) is 9.36 Å². The van der Waals surface area contributed by atoms with Gasteiger partial charge in [0.25, 0.3) is 5.56 Å². The Morgan fingerprint density at radius 2 is 1.71 bits per heavy atom. The van der Waals surface area contributed by atoms with Gasteiger partial charge in [-0.1, -0.05) is 13.3 Å². The van der Waals surface area contributed by atoms with Gasteiger partial charge in [-0.2, -0.15) is 0 Å². The van der Waals surface area contributed by atoms with E-state index in [0.717, 1.165) is 19.4 Å². The predicted octanol–water partition coefficient (Wildman–Crippen LogP) is 1.70. The zero-order valence-electron chi connectivity index (χ0n) is 12.4. The zero-order valence-corrected chi connectivity index (χ0v) is 14.6. The third kappa shape index (κ3) is 8.50. The Morgan fingerprint density at radius 3 is 2.38 bits per heavy atom. The second-order valence-corrected chi connectivity index (χ2v) is 5.59. The molecule has 0 saturated heterocycles. The Bertz CT molecular complexity index is 439. The predicted molar refractivity (Wildman–Crippen MR) is 88.6 cm³/mol. The van der Waals surface area contributed by atoms with E-state index in [9.17, 15) is 4.79 Å². The number of ether oxygens (including phenoxy) is 3. The van der Waals surface area contributed by atoms with E-state index in [1.54, 1.807) is 10.8 Å². The van der Waals surface area contributed by atoms with Crippen molar-refractivity contribution in [3.8, 4) is 0 Å². The Morgan fingerprint density at radius 1 is 1.10 bits per heavy atom. The largest absolute Gasteiger partial charge is 0.379 e. The van der Waals surface area contributed by atoms with Crippen molar-refractivity contribution < 1.29 is 14.2 Å². The second kappa shape index (κ2) is 12.1. The lowest BCUT2D eigenvalue weighted by atomic mass is 10.4. The van der Waals surface area contributed by atoms with Gasteiger partial charge >= 0.3 is 0 Å². The highest BCUT2D eigenvalue weighted by Crippen LogP contribution is 1.93. The molecule has 120 valence electrons. The molecule has 0 N–H and O–H groups in total. The van der Waals surface area contributed by atoms with Gasteiger partial charge in [0.1, 0.15) is 0 Å². The van der Waals surface area contributed by atoms with Crippen molar-refractivity contribution in [2.24, 2.45) is 0 Å². The van der Waals surface area contributed by atoms with Crippen LogP contribution in [0.4, 0.5) is 0 Å². The third-order valence-electron chi connectivity index (χ3n) is 2.72. The summed E-state index contributed by atoms with van der Waals surface area (Å²) in [6.45, 7) is 6.18. The number of unbranched alkanes of at least 4 members (excludes halogenated alkanes) is 1. The fourth-order valence-electron chi connectivity index (χ4n) is 1.53. The van der Waals surface area contributed by atoms with Gasteiger partial charge in [-0.15, -0.1) is 0 Å². The Labute approximate surface area is 138 Å². The molecule has 1 rings (SSSR count). The van der Waals surface area contributed by atoms with Crippen LogP contribution in [0, 0.1) is 3.57 Å². The molecule has 1 aromatic heterocycles. The summed E-state index contributed by atoms with van der Waals surface area (Å²) in [5, 5.41) is 0. The minimum atomic E-state index is -0.0327. The van der Waals surface area contributed by atoms with Crippen molar-refractivity contribution in [1.29, 1.82) is 0 Å². The van der Waals surface area contributed by atoms with Gasteiger partial charge in [-0.25, -0.2) is 4.98 Å². The Kier molecular flexibility index (Phi) is 10.7. The van der Waals surface area contributed by atoms with Crippen LogP contribution in [0.25, 0.3) is 0 Å². The van der Waals surface area contributed by atoms with Gasteiger partial charge < -0.3 is 14.2 Å². The van der Waals surface area contributed by atoms with Gasteiger partial charge in [-0.05, 0) is 29.0 Å². The molecule has 6 nitrogen and oxygen atoms in total. The van der Waals surface area contributed by atoms with E-state index in [-0.39, 0.29) is 5.56 Å². The van der Waals surface area contributed by atoms with Crippen LogP contribution in [-0.4, -0.2) is 49.2 Å². The molecule has 0 aromatic carbocycles. The number of aromatic nitrogens is 2. The molecule has 1 aromatic rings. The lowest BCUT2D eigenvalue weighted by Gasteiger charge is -2.08. The first kappa shape index (κ1) is 18.5. The molecular weight excluding hydrogens is 387 g/mol. The van der Waals surface area contributed by atoms with Crippen LogP contribution in [0.15, 0.2) is 17.3 Å². The molecule has 0 unspecified atom stereocenters. The number of hydrogen-bond acceptors (Lipinski definition) is 5. The molecule has 1 heterocycles. The van der Waals surface area contributed by atoms with E-state index in [2.05, 4.69) is 11.9 Å². The summed E-state index contributed by atoms with van der Waals surface area (Å²) < 4.78 is 18.3. The Balaban J connectivity index is 1.95. The molecule has 0 amide bonds. The van der Waals surface area contributed by atoms with Gasteiger partial charge in [0.15, 0.2) is 0 Å². The number of halogens is 1. The molecule has 0 radical (unpaired) electrons. The van der Waals surface area contributed by atoms with Crippen LogP contribution in [0.5, 0.6) is 0 Å². The molecule has 0 fully saturated rings. The number of nitrogens with zero attached hydrogens (tertiary/aromatic N) is 2. The van der Waals surface area contributed by atoms with Crippen LogP contribution in [0.2, 0.25) is 0 Å². The monoisotopic (exact) mass is 410 g/mol. The first-order valence-corrected chi connectivity index (χ1v) is 8.26. The van der Waals surface area contributed by atoms with Crippen LogP contribution in [-0.2, 0) is 20.8 Å². The van der Waals surface area contributed by atoms with Crippen LogP contribution < -0.4 is 5.56 Å². The van der Waals surface area contributed by atoms with Crippen LogP contribution in [0.1, 0.15) is 19.8 Å². The lowest BCUT2D eigenvalue weighted by Crippen LogP contribution is -2.24. The maximum absolute atomic E-state index is 11.7. The fraction of sp³-hybridized carbons (Fsp3) is 0.714.